The van der Waals surface area contributed by atoms with Crippen LogP contribution in [-0.4, -0.2) is 5.91 Å². The normalized spacial score (nSPS) is 23.2. The minimum absolute atomic E-state index is 0.0788. The first-order chi connectivity index (χ1) is 10.8. The Kier molecular flexibility index (Phi) is 3.41. The first-order valence-corrected chi connectivity index (χ1v) is 8.84. The van der Waals surface area contributed by atoms with Gasteiger partial charge in [0.15, 0.2) is 0 Å². The van der Waals surface area contributed by atoms with E-state index in [0.717, 1.165) is 34.9 Å². The summed E-state index contributed by atoms with van der Waals surface area (Å²) < 4.78 is 0. The van der Waals surface area contributed by atoms with Gasteiger partial charge in [0.05, 0.1) is 5.56 Å². The summed E-state index contributed by atoms with van der Waals surface area (Å²) >= 11 is 1.79. The lowest BCUT2D eigenvalue weighted by Crippen LogP contribution is -2.38. The molecule has 3 nitrogen and oxygen atoms in total. The third-order valence-electron chi connectivity index (χ3n) is 4.86. The molecule has 22 heavy (non-hydrogen) atoms. The van der Waals surface area contributed by atoms with Crippen molar-refractivity contribution in [2.45, 2.75) is 38.8 Å². The average Bonchev–Trinajstić information content (AvgIpc) is 2.93. The van der Waals surface area contributed by atoms with E-state index in [9.17, 15) is 4.79 Å². The highest BCUT2D eigenvalue weighted by Crippen LogP contribution is 2.43. The van der Waals surface area contributed by atoms with E-state index in [0.29, 0.717) is 0 Å². The fraction of sp³-hybridized carbons (Fsp3) is 0.389. The van der Waals surface area contributed by atoms with Crippen molar-refractivity contribution in [2.75, 3.05) is 5.32 Å². The molecule has 1 aliphatic carbocycles. The molecule has 0 saturated carbocycles. The number of amides is 1. The summed E-state index contributed by atoms with van der Waals surface area (Å²) in [5, 5.41) is 7.68. The fourth-order valence-corrected chi connectivity index (χ4v) is 4.91. The van der Waals surface area contributed by atoms with E-state index < -0.39 is 0 Å². The molecule has 2 unspecified atom stereocenters. The van der Waals surface area contributed by atoms with Crippen LogP contribution in [0.4, 0.5) is 5.00 Å². The van der Waals surface area contributed by atoms with Gasteiger partial charge in [0.25, 0.3) is 5.91 Å². The van der Waals surface area contributed by atoms with E-state index in [1.54, 1.807) is 11.3 Å². The molecule has 4 heteroatoms. The predicted molar refractivity (Wildman–Crippen MR) is 90.4 cm³/mol. The van der Waals surface area contributed by atoms with Crippen LogP contribution in [0, 0.1) is 5.92 Å². The number of nitrogens with one attached hydrogen (secondary N) is 2. The van der Waals surface area contributed by atoms with Gasteiger partial charge in [-0.3, -0.25) is 4.79 Å². The van der Waals surface area contributed by atoms with Crippen LogP contribution in [0.2, 0.25) is 0 Å². The number of fused-ring (bicyclic) bond motifs is 3. The Morgan fingerprint density at radius 2 is 2.05 bits per heavy atom. The number of carbonyl (C=O) groups excluding carboxylic acids is 1. The second kappa shape index (κ2) is 5.43. The molecular formula is C18H20N2OS. The highest BCUT2D eigenvalue weighted by atomic mass is 32.1. The predicted octanol–water partition coefficient (Wildman–Crippen LogP) is 4.12. The molecule has 2 atom stereocenters. The molecule has 2 N–H and O–H groups in total. The van der Waals surface area contributed by atoms with Gasteiger partial charge >= 0.3 is 0 Å². The molecule has 1 aromatic heterocycles. The lowest BCUT2D eigenvalue weighted by molar-refractivity contribution is 0.0935. The molecule has 2 heterocycles. The van der Waals surface area contributed by atoms with Crippen molar-refractivity contribution in [3.63, 3.8) is 0 Å². The summed E-state index contributed by atoms with van der Waals surface area (Å²) in [5.41, 5.74) is 3.29. The van der Waals surface area contributed by atoms with Gasteiger partial charge < -0.3 is 10.6 Å². The summed E-state index contributed by atoms with van der Waals surface area (Å²) in [5.74, 6) is 0.857. The highest BCUT2D eigenvalue weighted by molar-refractivity contribution is 7.16. The number of benzene rings is 1. The maximum atomic E-state index is 12.6. The van der Waals surface area contributed by atoms with Crippen molar-refractivity contribution >= 4 is 22.2 Å². The number of carbonyl (C=O) groups is 1. The zero-order valence-corrected chi connectivity index (χ0v) is 13.5. The quantitative estimate of drug-likeness (QED) is 0.876. The summed E-state index contributed by atoms with van der Waals surface area (Å²) in [7, 11) is 0. The Bertz CT molecular complexity index is 707. The van der Waals surface area contributed by atoms with Crippen LogP contribution in [-0.2, 0) is 12.8 Å². The SMILES string of the molecule is CCC1CCc2c(sc3c2C(=O)NC(c2ccccc2)N3)C1. The van der Waals surface area contributed by atoms with E-state index in [2.05, 4.69) is 17.6 Å². The minimum Gasteiger partial charge on any atom is -0.353 e. The maximum Gasteiger partial charge on any atom is 0.256 e. The van der Waals surface area contributed by atoms with Crippen LogP contribution >= 0.6 is 11.3 Å². The lowest BCUT2D eigenvalue weighted by atomic mass is 9.85. The lowest BCUT2D eigenvalue weighted by Gasteiger charge is -2.27. The Balaban J connectivity index is 1.68. The molecular weight excluding hydrogens is 292 g/mol. The Hall–Kier alpha value is -1.81. The Labute approximate surface area is 134 Å². The topological polar surface area (TPSA) is 41.1 Å². The van der Waals surface area contributed by atoms with E-state index in [1.165, 1.54) is 23.3 Å². The maximum absolute atomic E-state index is 12.6. The van der Waals surface area contributed by atoms with Crippen LogP contribution in [0.25, 0.3) is 0 Å². The summed E-state index contributed by atoms with van der Waals surface area (Å²) in [6, 6.07) is 10.1. The van der Waals surface area contributed by atoms with Gasteiger partial charge in [0, 0.05) is 4.88 Å². The summed E-state index contributed by atoms with van der Waals surface area (Å²) in [6.45, 7) is 2.26. The molecule has 1 amide bonds. The van der Waals surface area contributed by atoms with E-state index in [-0.39, 0.29) is 12.1 Å². The first kappa shape index (κ1) is 13.8. The smallest absolute Gasteiger partial charge is 0.256 e. The molecule has 0 saturated heterocycles. The standard InChI is InChI=1S/C18H20N2OS/c1-2-11-8-9-13-14(10-11)22-18-15(13)17(21)19-16(20-18)12-6-4-3-5-7-12/h3-7,11,16,20H,2,8-10H2,1H3,(H,19,21). The van der Waals surface area contributed by atoms with E-state index in [4.69, 9.17) is 0 Å². The van der Waals surface area contributed by atoms with E-state index in [1.807, 2.05) is 30.3 Å². The largest absolute Gasteiger partial charge is 0.353 e. The second-order valence-corrected chi connectivity index (χ2v) is 7.29. The van der Waals surface area contributed by atoms with Crippen molar-refractivity contribution in [3.8, 4) is 0 Å². The van der Waals surface area contributed by atoms with E-state index >= 15 is 0 Å². The Morgan fingerprint density at radius 1 is 1.23 bits per heavy atom. The summed E-state index contributed by atoms with van der Waals surface area (Å²) in [4.78, 5) is 14.0. The van der Waals surface area contributed by atoms with Crippen LogP contribution < -0.4 is 10.6 Å². The molecule has 2 aliphatic rings. The second-order valence-electron chi connectivity index (χ2n) is 6.19. The van der Waals surface area contributed by atoms with Crippen LogP contribution in [0.3, 0.4) is 0 Å². The number of hydrogen-bond acceptors (Lipinski definition) is 3. The molecule has 0 radical (unpaired) electrons. The third-order valence-corrected chi connectivity index (χ3v) is 6.04. The van der Waals surface area contributed by atoms with Crippen molar-refractivity contribution < 1.29 is 4.79 Å². The van der Waals surface area contributed by atoms with Crippen LogP contribution in [0.5, 0.6) is 0 Å². The third kappa shape index (κ3) is 2.22. The van der Waals surface area contributed by atoms with Gasteiger partial charge in [-0.25, -0.2) is 0 Å². The van der Waals surface area contributed by atoms with Gasteiger partial charge in [0.2, 0.25) is 0 Å². The molecule has 0 bridgehead atoms. The number of rotatable bonds is 2. The molecule has 4 rings (SSSR count). The van der Waals surface area contributed by atoms with Gasteiger partial charge in [-0.1, -0.05) is 43.7 Å². The van der Waals surface area contributed by atoms with Gasteiger partial charge in [-0.05, 0) is 36.3 Å². The van der Waals surface area contributed by atoms with Gasteiger partial charge in [0.1, 0.15) is 11.2 Å². The van der Waals surface area contributed by atoms with Crippen molar-refractivity contribution in [2.24, 2.45) is 5.92 Å². The summed E-state index contributed by atoms with van der Waals surface area (Å²) in [6.07, 6.45) is 4.50. The molecule has 0 fully saturated rings. The minimum atomic E-state index is -0.122. The van der Waals surface area contributed by atoms with Gasteiger partial charge in [-0.15, -0.1) is 11.3 Å². The van der Waals surface area contributed by atoms with Crippen LogP contribution in [0.1, 0.15) is 52.3 Å². The number of anilines is 1. The highest BCUT2D eigenvalue weighted by Gasteiger charge is 2.33. The molecule has 0 spiro atoms. The zero-order chi connectivity index (χ0) is 15.1. The zero-order valence-electron chi connectivity index (χ0n) is 12.7. The monoisotopic (exact) mass is 312 g/mol. The number of thiophene rings is 1. The molecule has 1 aliphatic heterocycles. The first-order valence-electron chi connectivity index (χ1n) is 8.03. The average molecular weight is 312 g/mol. The molecule has 1 aromatic carbocycles. The number of hydrogen-bond donors (Lipinski definition) is 2. The van der Waals surface area contributed by atoms with Gasteiger partial charge in [-0.2, -0.15) is 0 Å². The Morgan fingerprint density at radius 3 is 2.82 bits per heavy atom. The molecule has 114 valence electrons. The fourth-order valence-electron chi connectivity index (χ4n) is 3.53. The van der Waals surface area contributed by atoms with Crippen LogP contribution in [0.15, 0.2) is 30.3 Å². The van der Waals surface area contributed by atoms with Crippen molar-refractivity contribution in [1.82, 2.24) is 5.32 Å². The van der Waals surface area contributed by atoms with Crippen molar-refractivity contribution in [1.29, 1.82) is 0 Å². The van der Waals surface area contributed by atoms with Crippen molar-refractivity contribution in [3.05, 3.63) is 51.9 Å². The molecule has 2 aromatic rings.